The number of hydrogen-bond donors (Lipinski definition) is 2. The Kier molecular flexibility index (Phi) is 3.71. The minimum Gasteiger partial charge on any atom is -0.394 e. The number of fused-ring (bicyclic) bond motifs is 1. The second-order valence-corrected chi connectivity index (χ2v) is 2.99. The summed E-state index contributed by atoms with van der Waals surface area (Å²) in [5, 5.41) is 16.2. The third-order valence-corrected chi connectivity index (χ3v) is 2.20. The molecule has 13 heavy (non-hydrogen) atoms. The van der Waals surface area contributed by atoms with Crippen molar-refractivity contribution >= 4 is 12.4 Å². The summed E-state index contributed by atoms with van der Waals surface area (Å²) >= 11 is 0. The van der Waals surface area contributed by atoms with Crippen LogP contribution in [-0.4, -0.2) is 28.0 Å². The lowest BCUT2D eigenvalue weighted by atomic mass is 10.1. The normalized spacial score (nSPS) is 14.8. The molecule has 4 nitrogen and oxygen atoms in total. The summed E-state index contributed by atoms with van der Waals surface area (Å²) in [6.07, 6.45) is 2.91. The van der Waals surface area contributed by atoms with Gasteiger partial charge in [0.1, 0.15) is 0 Å². The summed E-state index contributed by atoms with van der Waals surface area (Å²) in [7, 11) is 0. The van der Waals surface area contributed by atoms with Crippen LogP contribution < -0.4 is 5.32 Å². The zero-order chi connectivity index (χ0) is 8.39. The summed E-state index contributed by atoms with van der Waals surface area (Å²) in [5.74, 6) is 0. The van der Waals surface area contributed by atoms with Crippen LogP contribution in [0.3, 0.4) is 0 Å². The van der Waals surface area contributed by atoms with E-state index in [0.717, 1.165) is 19.5 Å². The molecule has 0 aliphatic carbocycles. The molecule has 0 fully saturated rings. The highest BCUT2D eigenvalue weighted by molar-refractivity contribution is 5.85. The van der Waals surface area contributed by atoms with Crippen LogP contribution in [0.15, 0.2) is 6.20 Å². The molecule has 2 rings (SSSR count). The van der Waals surface area contributed by atoms with E-state index < -0.39 is 0 Å². The average molecular weight is 204 g/mol. The number of nitrogens with zero attached hydrogens (tertiary/aromatic N) is 2. The van der Waals surface area contributed by atoms with Gasteiger partial charge in [0.05, 0.1) is 19.3 Å². The fourth-order valence-electron chi connectivity index (χ4n) is 1.60. The number of aliphatic hydroxyl groups is 1. The van der Waals surface area contributed by atoms with Crippen LogP contribution in [0.25, 0.3) is 0 Å². The minimum atomic E-state index is 0. The fraction of sp³-hybridized carbons (Fsp3) is 0.625. The predicted octanol–water partition coefficient (Wildman–Crippen LogP) is -0.0571. The van der Waals surface area contributed by atoms with Gasteiger partial charge in [0.2, 0.25) is 0 Å². The van der Waals surface area contributed by atoms with E-state index in [2.05, 4.69) is 10.4 Å². The molecule has 2 N–H and O–H groups in total. The number of rotatable bonds is 2. The molecule has 0 saturated heterocycles. The van der Waals surface area contributed by atoms with Gasteiger partial charge in [0.25, 0.3) is 0 Å². The van der Waals surface area contributed by atoms with Gasteiger partial charge in [0.15, 0.2) is 0 Å². The monoisotopic (exact) mass is 203 g/mol. The van der Waals surface area contributed by atoms with Gasteiger partial charge >= 0.3 is 0 Å². The molecular formula is C8H14ClN3O. The molecule has 74 valence electrons. The number of halogens is 1. The summed E-state index contributed by atoms with van der Waals surface area (Å²) in [6.45, 7) is 2.72. The highest BCUT2D eigenvalue weighted by atomic mass is 35.5. The smallest absolute Gasteiger partial charge is 0.0644 e. The molecule has 5 heteroatoms. The Morgan fingerprint density at radius 3 is 3.23 bits per heavy atom. The fourth-order valence-corrected chi connectivity index (χ4v) is 1.60. The van der Waals surface area contributed by atoms with Gasteiger partial charge in [-0.25, -0.2) is 0 Å². The minimum absolute atomic E-state index is 0. The third-order valence-electron chi connectivity index (χ3n) is 2.20. The maximum atomic E-state index is 8.76. The van der Waals surface area contributed by atoms with Crippen LogP contribution in [0.1, 0.15) is 11.3 Å². The Labute approximate surface area is 83.4 Å². The van der Waals surface area contributed by atoms with E-state index in [0.29, 0.717) is 6.54 Å². The summed E-state index contributed by atoms with van der Waals surface area (Å²) in [5.41, 5.74) is 2.55. The summed E-state index contributed by atoms with van der Waals surface area (Å²) < 4.78 is 1.90. The lowest BCUT2D eigenvalue weighted by molar-refractivity contribution is 0.267. The Morgan fingerprint density at radius 1 is 1.62 bits per heavy atom. The topological polar surface area (TPSA) is 50.1 Å². The molecule has 2 heterocycles. The lowest BCUT2D eigenvalue weighted by Crippen LogP contribution is -2.25. The number of aliphatic hydroxyl groups excluding tert-OH is 1. The molecule has 0 spiro atoms. The first kappa shape index (κ1) is 10.5. The molecule has 0 radical (unpaired) electrons. The molecule has 0 aromatic carbocycles. The summed E-state index contributed by atoms with van der Waals surface area (Å²) in [4.78, 5) is 0. The zero-order valence-electron chi connectivity index (χ0n) is 7.36. The quantitative estimate of drug-likeness (QED) is 0.709. The van der Waals surface area contributed by atoms with Gasteiger partial charge in [-0.1, -0.05) is 0 Å². The third kappa shape index (κ3) is 2.02. The first-order valence-electron chi connectivity index (χ1n) is 4.27. The molecule has 1 aromatic heterocycles. The molecule has 1 aliphatic heterocycles. The molecule has 0 amide bonds. The van der Waals surface area contributed by atoms with E-state index in [-0.39, 0.29) is 19.0 Å². The first-order chi connectivity index (χ1) is 5.92. The van der Waals surface area contributed by atoms with Gasteiger partial charge in [-0.05, 0) is 0 Å². The first-order valence-corrected chi connectivity index (χ1v) is 4.27. The molecule has 0 atom stereocenters. The molecule has 0 bridgehead atoms. The van der Waals surface area contributed by atoms with Gasteiger partial charge in [-0.2, -0.15) is 5.10 Å². The van der Waals surface area contributed by atoms with Gasteiger partial charge in [-0.15, -0.1) is 12.4 Å². The summed E-state index contributed by atoms with van der Waals surface area (Å²) in [6, 6.07) is 0. The van der Waals surface area contributed by atoms with Gasteiger partial charge in [-0.3, -0.25) is 4.68 Å². The van der Waals surface area contributed by atoms with Gasteiger partial charge < -0.3 is 10.4 Å². The van der Waals surface area contributed by atoms with E-state index in [4.69, 9.17) is 5.11 Å². The van der Waals surface area contributed by atoms with Crippen LogP contribution >= 0.6 is 12.4 Å². The number of hydrogen-bond acceptors (Lipinski definition) is 3. The van der Waals surface area contributed by atoms with E-state index in [1.54, 1.807) is 0 Å². The van der Waals surface area contributed by atoms with Crippen molar-refractivity contribution < 1.29 is 5.11 Å². The Balaban J connectivity index is 0.000000845. The van der Waals surface area contributed by atoms with Crippen molar-refractivity contribution in [3.8, 4) is 0 Å². The highest BCUT2D eigenvalue weighted by Gasteiger charge is 2.13. The molecule has 1 aliphatic rings. The maximum Gasteiger partial charge on any atom is 0.0644 e. The van der Waals surface area contributed by atoms with E-state index in [1.165, 1.54) is 11.3 Å². The van der Waals surface area contributed by atoms with Crippen LogP contribution in [0.4, 0.5) is 0 Å². The van der Waals surface area contributed by atoms with Crippen LogP contribution in [-0.2, 0) is 19.5 Å². The second kappa shape index (κ2) is 4.60. The molecule has 0 saturated carbocycles. The maximum absolute atomic E-state index is 8.76. The standard InChI is InChI=1S/C8H13N3O.ClH/c12-4-3-11-8-1-2-9-5-7(8)6-10-11;/h6,9,12H,1-5H2;1H. The highest BCUT2D eigenvalue weighted by Crippen LogP contribution is 2.12. The van der Waals surface area contributed by atoms with Crippen molar-refractivity contribution in [3.05, 3.63) is 17.5 Å². The molecule has 0 unspecified atom stereocenters. The van der Waals surface area contributed by atoms with Crippen molar-refractivity contribution in [2.45, 2.75) is 19.5 Å². The van der Waals surface area contributed by atoms with Crippen molar-refractivity contribution in [2.75, 3.05) is 13.2 Å². The Morgan fingerprint density at radius 2 is 2.46 bits per heavy atom. The lowest BCUT2D eigenvalue weighted by Gasteiger charge is -2.14. The molecular weight excluding hydrogens is 190 g/mol. The van der Waals surface area contributed by atoms with Crippen molar-refractivity contribution in [1.82, 2.24) is 15.1 Å². The Hall–Kier alpha value is -0.580. The van der Waals surface area contributed by atoms with Crippen LogP contribution in [0.2, 0.25) is 0 Å². The van der Waals surface area contributed by atoms with Crippen molar-refractivity contribution in [2.24, 2.45) is 0 Å². The number of aromatic nitrogens is 2. The van der Waals surface area contributed by atoms with E-state index in [1.807, 2.05) is 10.9 Å². The van der Waals surface area contributed by atoms with Gasteiger partial charge in [0, 0.05) is 30.8 Å². The molecule has 1 aromatic rings. The van der Waals surface area contributed by atoms with E-state index in [9.17, 15) is 0 Å². The largest absolute Gasteiger partial charge is 0.394 e. The van der Waals surface area contributed by atoms with Crippen molar-refractivity contribution in [3.63, 3.8) is 0 Å². The zero-order valence-corrected chi connectivity index (χ0v) is 8.18. The Bertz CT molecular complexity index is 274. The SMILES string of the molecule is Cl.OCCn1ncc2c1CCNC2. The van der Waals surface area contributed by atoms with E-state index >= 15 is 0 Å². The predicted molar refractivity (Wildman–Crippen MR) is 52.0 cm³/mol. The van der Waals surface area contributed by atoms with Crippen LogP contribution in [0, 0.1) is 0 Å². The van der Waals surface area contributed by atoms with Crippen LogP contribution in [0.5, 0.6) is 0 Å². The average Bonchev–Trinajstić information content (AvgIpc) is 2.50. The second-order valence-electron chi connectivity index (χ2n) is 2.99. The van der Waals surface area contributed by atoms with Crippen molar-refractivity contribution in [1.29, 1.82) is 0 Å². The number of nitrogens with one attached hydrogen (secondary N) is 1.